The Hall–Kier alpha value is -3.60. The Morgan fingerprint density at radius 1 is 1.19 bits per heavy atom. The number of pyridine rings is 1. The van der Waals surface area contributed by atoms with Crippen LogP contribution in [0, 0.1) is 25.6 Å². The number of urea groups is 1. The monoisotopic (exact) mass is 426 g/mol. The van der Waals surface area contributed by atoms with Gasteiger partial charge in [0.1, 0.15) is 11.9 Å². The zero-order valence-electron chi connectivity index (χ0n) is 17.8. The van der Waals surface area contributed by atoms with E-state index in [0.717, 1.165) is 5.69 Å². The second-order valence-electron chi connectivity index (χ2n) is 7.60. The summed E-state index contributed by atoms with van der Waals surface area (Å²) < 4.78 is 22.9. The highest BCUT2D eigenvalue weighted by molar-refractivity contribution is 6.00. The van der Waals surface area contributed by atoms with E-state index in [2.05, 4.69) is 30.8 Å². The first-order valence-electron chi connectivity index (χ1n) is 9.75. The Labute approximate surface area is 177 Å². The van der Waals surface area contributed by atoms with E-state index in [-0.39, 0.29) is 23.4 Å². The van der Waals surface area contributed by atoms with Gasteiger partial charge >= 0.3 is 6.03 Å². The number of carbonyl (C=O) groups excluding carboxylic acids is 1. The third-order valence-electron chi connectivity index (χ3n) is 4.77. The number of rotatable bonds is 5. The number of hydrogen-bond donors (Lipinski definition) is 2. The molecule has 4 aromatic heterocycles. The standard InChI is InChI=1S/C20H23FN8O2/c1-10(2)18(31-5)17-15(8-22-16-6-11(3)26-29(16)17)25-20(30)24-13-7-14(21)19-23-12(4)27-28(19)9-13/h6-10,18H,1-5H3,(H2,24,25,30). The molecule has 2 N–H and O–H groups in total. The van der Waals surface area contributed by atoms with E-state index in [9.17, 15) is 9.18 Å². The van der Waals surface area contributed by atoms with E-state index >= 15 is 0 Å². The Bertz CT molecular complexity index is 1280. The third kappa shape index (κ3) is 3.91. The summed E-state index contributed by atoms with van der Waals surface area (Å²) in [5.41, 5.74) is 2.86. The minimum Gasteiger partial charge on any atom is -0.375 e. The maximum atomic E-state index is 14.3. The predicted octanol–water partition coefficient (Wildman–Crippen LogP) is 3.52. The van der Waals surface area contributed by atoms with Crippen LogP contribution in [0.2, 0.25) is 0 Å². The quantitative estimate of drug-likeness (QED) is 0.505. The van der Waals surface area contributed by atoms with Crippen molar-refractivity contribution in [1.82, 2.24) is 29.2 Å². The van der Waals surface area contributed by atoms with Gasteiger partial charge in [0.25, 0.3) is 0 Å². The Morgan fingerprint density at radius 2 is 1.97 bits per heavy atom. The summed E-state index contributed by atoms with van der Waals surface area (Å²) in [6, 6.07) is 2.47. The fourth-order valence-electron chi connectivity index (χ4n) is 3.54. The SMILES string of the molecule is COC(c1c(NC(=O)Nc2cc(F)c3nc(C)nn3c2)cnc2cc(C)nn12)C(C)C. The minimum absolute atomic E-state index is 0.0920. The molecule has 162 valence electrons. The minimum atomic E-state index is -0.589. The molecule has 10 nitrogen and oxygen atoms in total. The maximum absolute atomic E-state index is 14.3. The Morgan fingerprint density at radius 3 is 2.68 bits per heavy atom. The van der Waals surface area contributed by atoms with Gasteiger partial charge in [-0.3, -0.25) is 0 Å². The van der Waals surface area contributed by atoms with Crippen molar-refractivity contribution >= 4 is 28.7 Å². The van der Waals surface area contributed by atoms with Crippen LogP contribution in [0.4, 0.5) is 20.6 Å². The number of halogens is 1. The lowest BCUT2D eigenvalue weighted by Gasteiger charge is -2.23. The topological polar surface area (TPSA) is 111 Å². The fourth-order valence-corrected chi connectivity index (χ4v) is 3.54. The highest BCUT2D eigenvalue weighted by atomic mass is 19.1. The molecule has 4 rings (SSSR count). The molecule has 0 aromatic carbocycles. The summed E-state index contributed by atoms with van der Waals surface area (Å²) in [4.78, 5) is 21.1. The average Bonchev–Trinajstić information content (AvgIpc) is 3.25. The van der Waals surface area contributed by atoms with Crippen molar-refractivity contribution in [2.75, 3.05) is 17.7 Å². The molecule has 0 aliphatic carbocycles. The van der Waals surface area contributed by atoms with Crippen LogP contribution in [0.1, 0.15) is 37.2 Å². The number of carbonyl (C=O) groups is 1. The number of nitrogens with one attached hydrogen (secondary N) is 2. The van der Waals surface area contributed by atoms with Gasteiger partial charge in [0.05, 0.1) is 35.2 Å². The van der Waals surface area contributed by atoms with Crippen LogP contribution in [0.15, 0.2) is 24.5 Å². The molecular weight excluding hydrogens is 403 g/mol. The molecule has 0 aliphatic rings. The number of amides is 2. The van der Waals surface area contributed by atoms with E-state index in [1.54, 1.807) is 24.7 Å². The smallest absolute Gasteiger partial charge is 0.323 e. The van der Waals surface area contributed by atoms with Crippen LogP contribution >= 0.6 is 0 Å². The van der Waals surface area contributed by atoms with Crippen LogP contribution in [0.3, 0.4) is 0 Å². The summed E-state index contributed by atoms with van der Waals surface area (Å²) >= 11 is 0. The zero-order valence-corrected chi connectivity index (χ0v) is 17.8. The Balaban J connectivity index is 1.67. The van der Waals surface area contributed by atoms with Gasteiger partial charge in [-0.2, -0.15) is 10.2 Å². The maximum Gasteiger partial charge on any atom is 0.323 e. The van der Waals surface area contributed by atoms with Gasteiger partial charge in [0, 0.05) is 19.2 Å². The molecule has 0 spiro atoms. The van der Waals surface area contributed by atoms with E-state index in [1.165, 1.54) is 16.8 Å². The third-order valence-corrected chi connectivity index (χ3v) is 4.77. The molecule has 2 amide bonds. The molecule has 0 radical (unpaired) electrons. The molecule has 0 saturated carbocycles. The van der Waals surface area contributed by atoms with Gasteiger partial charge in [-0.1, -0.05) is 13.8 Å². The van der Waals surface area contributed by atoms with Gasteiger partial charge in [-0.25, -0.2) is 28.2 Å². The van der Waals surface area contributed by atoms with Crippen LogP contribution in [0.25, 0.3) is 11.3 Å². The van der Waals surface area contributed by atoms with Crippen LogP contribution in [-0.2, 0) is 4.74 Å². The molecule has 0 bridgehead atoms. The molecule has 0 fully saturated rings. The number of hydrogen-bond acceptors (Lipinski definition) is 6. The molecule has 4 aromatic rings. The summed E-state index contributed by atoms with van der Waals surface area (Å²) in [5.74, 6) is -0.0532. The van der Waals surface area contributed by atoms with Crippen molar-refractivity contribution in [3.05, 3.63) is 47.6 Å². The number of aromatic nitrogens is 6. The molecule has 0 aliphatic heterocycles. The number of anilines is 2. The van der Waals surface area contributed by atoms with Gasteiger partial charge in [0.15, 0.2) is 17.1 Å². The largest absolute Gasteiger partial charge is 0.375 e. The van der Waals surface area contributed by atoms with Gasteiger partial charge in [-0.05, 0) is 19.8 Å². The summed E-state index contributed by atoms with van der Waals surface area (Å²) in [6.07, 6.45) is 2.71. The van der Waals surface area contributed by atoms with Crippen LogP contribution in [0.5, 0.6) is 0 Å². The molecule has 0 saturated heterocycles. The van der Waals surface area contributed by atoms with Crippen molar-refractivity contribution in [1.29, 1.82) is 0 Å². The number of aryl methyl sites for hydroxylation is 2. The lowest BCUT2D eigenvalue weighted by molar-refractivity contribution is 0.0600. The van der Waals surface area contributed by atoms with Crippen LogP contribution in [-0.4, -0.2) is 42.3 Å². The molecule has 11 heteroatoms. The number of ether oxygens (including phenoxy) is 1. The lowest BCUT2D eigenvalue weighted by Crippen LogP contribution is -2.24. The molecular formula is C20H23FN8O2. The van der Waals surface area contributed by atoms with Crippen molar-refractivity contribution in [2.24, 2.45) is 5.92 Å². The second kappa shape index (κ2) is 7.91. The predicted molar refractivity (Wildman–Crippen MR) is 113 cm³/mol. The first-order valence-corrected chi connectivity index (χ1v) is 9.75. The molecule has 1 atom stereocenters. The number of fused-ring (bicyclic) bond motifs is 2. The first-order chi connectivity index (χ1) is 14.8. The second-order valence-corrected chi connectivity index (χ2v) is 7.60. The lowest BCUT2D eigenvalue weighted by atomic mass is 10.0. The number of nitrogens with zero attached hydrogens (tertiary/aromatic N) is 6. The molecule has 4 heterocycles. The van der Waals surface area contributed by atoms with Crippen molar-refractivity contribution in [3.63, 3.8) is 0 Å². The Kier molecular flexibility index (Phi) is 5.27. The number of methoxy groups -OCH3 is 1. The van der Waals surface area contributed by atoms with E-state index < -0.39 is 11.8 Å². The highest BCUT2D eigenvalue weighted by Crippen LogP contribution is 2.31. The van der Waals surface area contributed by atoms with Crippen LogP contribution < -0.4 is 10.6 Å². The highest BCUT2D eigenvalue weighted by Gasteiger charge is 2.24. The van der Waals surface area contributed by atoms with Gasteiger partial charge in [0.2, 0.25) is 0 Å². The normalized spacial score (nSPS) is 12.6. The van der Waals surface area contributed by atoms with E-state index in [1.807, 2.05) is 26.8 Å². The molecule has 31 heavy (non-hydrogen) atoms. The van der Waals surface area contributed by atoms with Crippen molar-refractivity contribution in [2.45, 2.75) is 33.8 Å². The first kappa shape index (κ1) is 20.7. The molecule has 1 unspecified atom stereocenters. The van der Waals surface area contributed by atoms with Crippen molar-refractivity contribution in [3.8, 4) is 0 Å². The summed E-state index contributed by atoms with van der Waals surface area (Å²) in [6.45, 7) is 7.55. The van der Waals surface area contributed by atoms with E-state index in [0.29, 0.717) is 22.9 Å². The van der Waals surface area contributed by atoms with Gasteiger partial charge in [-0.15, -0.1) is 0 Å². The summed E-state index contributed by atoms with van der Waals surface area (Å²) in [7, 11) is 1.61. The zero-order chi connectivity index (χ0) is 22.3. The fraction of sp³-hybridized carbons (Fsp3) is 0.350. The van der Waals surface area contributed by atoms with Crippen molar-refractivity contribution < 1.29 is 13.9 Å². The summed E-state index contributed by atoms with van der Waals surface area (Å²) in [5, 5.41) is 14.0. The average molecular weight is 426 g/mol. The van der Waals surface area contributed by atoms with E-state index in [4.69, 9.17) is 4.74 Å². The van der Waals surface area contributed by atoms with Gasteiger partial charge < -0.3 is 15.4 Å².